The first-order valence-corrected chi connectivity index (χ1v) is 7.79. The monoisotopic (exact) mass is 325 g/mol. The number of carbonyl (C=O) groups is 1. The Hall–Kier alpha value is -2.80. The fourth-order valence-corrected chi connectivity index (χ4v) is 2.50. The van der Waals surface area contributed by atoms with Crippen molar-refractivity contribution in [2.45, 2.75) is 25.8 Å². The van der Waals surface area contributed by atoms with Gasteiger partial charge in [-0.3, -0.25) is 14.2 Å². The predicted molar refractivity (Wildman–Crippen MR) is 88.6 cm³/mol. The maximum Gasteiger partial charge on any atom is 0.289 e. The lowest BCUT2D eigenvalue weighted by atomic mass is 10.1. The van der Waals surface area contributed by atoms with Crippen molar-refractivity contribution in [2.24, 2.45) is 0 Å². The number of aryl methyl sites for hydroxylation is 2. The smallest absolute Gasteiger partial charge is 0.289 e. The number of pyridine rings is 2. The highest BCUT2D eigenvalue weighted by atomic mass is 16.3. The zero-order valence-corrected chi connectivity index (χ0v) is 13.4. The first-order valence-electron chi connectivity index (χ1n) is 7.79. The van der Waals surface area contributed by atoms with Crippen LogP contribution in [-0.4, -0.2) is 43.2 Å². The number of aliphatic hydroxyl groups is 1. The predicted octanol–water partition coefficient (Wildman–Crippen LogP) is 1.16. The van der Waals surface area contributed by atoms with Gasteiger partial charge >= 0.3 is 0 Å². The summed E-state index contributed by atoms with van der Waals surface area (Å²) in [5, 5.41) is 20.3. The van der Waals surface area contributed by atoms with E-state index >= 15 is 0 Å². The summed E-state index contributed by atoms with van der Waals surface area (Å²) in [7, 11) is 0. The minimum atomic E-state index is -0.345. The number of fused-ring (bicyclic) bond motifs is 1. The Morgan fingerprint density at radius 3 is 2.79 bits per heavy atom. The molecular weight excluding hydrogens is 306 g/mol. The Morgan fingerprint density at radius 1 is 1.25 bits per heavy atom. The van der Waals surface area contributed by atoms with E-state index in [9.17, 15) is 9.90 Å². The van der Waals surface area contributed by atoms with Crippen molar-refractivity contribution in [1.82, 2.24) is 24.9 Å². The molecule has 1 unspecified atom stereocenters. The van der Waals surface area contributed by atoms with Crippen LogP contribution in [0.25, 0.3) is 5.65 Å². The van der Waals surface area contributed by atoms with Crippen LogP contribution in [0.2, 0.25) is 0 Å². The highest BCUT2D eigenvalue weighted by Gasteiger charge is 2.18. The number of aliphatic hydroxyl groups excluding tert-OH is 1. The van der Waals surface area contributed by atoms with Gasteiger partial charge in [-0.1, -0.05) is 6.07 Å². The third-order valence-electron chi connectivity index (χ3n) is 3.84. The molecule has 0 aliphatic rings. The zero-order valence-electron chi connectivity index (χ0n) is 13.4. The summed E-state index contributed by atoms with van der Waals surface area (Å²) in [6, 6.07) is 7.22. The van der Waals surface area contributed by atoms with E-state index in [-0.39, 0.29) is 24.4 Å². The molecule has 0 saturated heterocycles. The Morgan fingerprint density at radius 2 is 2.04 bits per heavy atom. The van der Waals surface area contributed by atoms with Crippen LogP contribution in [0.4, 0.5) is 0 Å². The van der Waals surface area contributed by atoms with Crippen LogP contribution in [0.15, 0.2) is 42.9 Å². The molecule has 124 valence electrons. The molecule has 0 spiro atoms. The molecule has 0 saturated carbocycles. The first-order chi connectivity index (χ1) is 11.7. The lowest BCUT2D eigenvalue weighted by Gasteiger charge is -2.15. The zero-order chi connectivity index (χ0) is 16.9. The minimum absolute atomic E-state index is 0.132. The van der Waals surface area contributed by atoms with Crippen LogP contribution in [0.3, 0.4) is 0 Å². The molecule has 7 nitrogen and oxygen atoms in total. The van der Waals surface area contributed by atoms with Crippen molar-refractivity contribution in [3.63, 3.8) is 0 Å². The lowest BCUT2D eigenvalue weighted by Crippen LogP contribution is -2.38. The Kier molecular flexibility index (Phi) is 4.81. The number of hydrogen-bond donors (Lipinski definition) is 2. The quantitative estimate of drug-likeness (QED) is 0.709. The molecule has 24 heavy (non-hydrogen) atoms. The SMILES string of the molecule is Cc1ccc2nnc(C(=O)NC(CO)CCc3ccncc3)n2c1. The fourth-order valence-electron chi connectivity index (χ4n) is 2.50. The molecule has 0 aliphatic heterocycles. The van der Waals surface area contributed by atoms with Gasteiger partial charge in [-0.05, 0) is 49.1 Å². The van der Waals surface area contributed by atoms with E-state index in [4.69, 9.17) is 0 Å². The van der Waals surface area contributed by atoms with Gasteiger partial charge in [0.25, 0.3) is 5.91 Å². The van der Waals surface area contributed by atoms with Gasteiger partial charge in [-0.25, -0.2) is 0 Å². The van der Waals surface area contributed by atoms with Crippen LogP contribution >= 0.6 is 0 Å². The average molecular weight is 325 g/mol. The molecule has 0 aliphatic carbocycles. The summed E-state index contributed by atoms with van der Waals surface area (Å²) in [6.45, 7) is 1.80. The number of hydrogen-bond acceptors (Lipinski definition) is 5. The van der Waals surface area contributed by atoms with E-state index in [0.29, 0.717) is 12.1 Å². The number of carbonyl (C=O) groups excluding carboxylic acids is 1. The summed E-state index contributed by atoms with van der Waals surface area (Å²) in [5.74, 6) is -0.127. The number of rotatable bonds is 6. The second-order valence-electron chi connectivity index (χ2n) is 5.71. The molecule has 7 heteroatoms. The molecule has 1 atom stereocenters. The van der Waals surface area contributed by atoms with E-state index in [2.05, 4.69) is 20.5 Å². The number of aromatic nitrogens is 4. The Balaban J connectivity index is 1.68. The van der Waals surface area contributed by atoms with Gasteiger partial charge in [0.05, 0.1) is 12.6 Å². The summed E-state index contributed by atoms with van der Waals surface area (Å²) in [4.78, 5) is 16.4. The van der Waals surface area contributed by atoms with Gasteiger partial charge < -0.3 is 10.4 Å². The van der Waals surface area contributed by atoms with Crippen molar-refractivity contribution in [3.8, 4) is 0 Å². The largest absolute Gasteiger partial charge is 0.394 e. The van der Waals surface area contributed by atoms with Crippen molar-refractivity contribution in [3.05, 3.63) is 59.8 Å². The van der Waals surface area contributed by atoms with Crippen LogP contribution in [0.5, 0.6) is 0 Å². The maximum atomic E-state index is 12.5. The molecule has 0 bridgehead atoms. The molecule has 0 aromatic carbocycles. The van der Waals surface area contributed by atoms with Gasteiger partial charge in [0, 0.05) is 18.6 Å². The topological polar surface area (TPSA) is 92.4 Å². The molecule has 3 aromatic heterocycles. The second-order valence-corrected chi connectivity index (χ2v) is 5.71. The van der Waals surface area contributed by atoms with E-state index < -0.39 is 0 Å². The highest BCUT2D eigenvalue weighted by Crippen LogP contribution is 2.08. The van der Waals surface area contributed by atoms with Gasteiger partial charge in [0.1, 0.15) is 0 Å². The summed E-state index contributed by atoms with van der Waals surface area (Å²) >= 11 is 0. The van der Waals surface area contributed by atoms with Crippen LogP contribution in [0.1, 0.15) is 28.2 Å². The summed E-state index contributed by atoms with van der Waals surface area (Å²) in [6.07, 6.45) is 6.64. The maximum absolute atomic E-state index is 12.5. The Bertz CT molecular complexity index is 831. The van der Waals surface area contributed by atoms with Gasteiger partial charge in [0.2, 0.25) is 5.82 Å². The highest BCUT2D eigenvalue weighted by molar-refractivity contribution is 5.91. The van der Waals surface area contributed by atoms with E-state index in [1.54, 1.807) is 16.8 Å². The van der Waals surface area contributed by atoms with Crippen LogP contribution in [0, 0.1) is 6.92 Å². The van der Waals surface area contributed by atoms with Gasteiger partial charge in [-0.15, -0.1) is 10.2 Å². The number of nitrogens with one attached hydrogen (secondary N) is 1. The number of amides is 1. The van der Waals surface area contributed by atoms with Crippen molar-refractivity contribution in [2.75, 3.05) is 6.61 Å². The van der Waals surface area contributed by atoms with Gasteiger partial charge in [-0.2, -0.15) is 0 Å². The van der Waals surface area contributed by atoms with Crippen molar-refractivity contribution >= 4 is 11.6 Å². The number of nitrogens with zero attached hydrogens (tertiary/aromatic N) is 4. The molecule has 3 aromatic rings. The van der Waals surface area contributed by atoms with E-state index in [1.165, 1.54) is 0 Å². The van der Waals surface area contributed by atoms with E-state index in [0.717, 1.165) is 17.5 Å². The summed E-state index contributed by atoms with van der Waals surface area (Å²) in [5.41, 5.74) is 2.73. The fraction of sp³-hybridized carbons (Fsp3) is 0.294. The third kappa shape index (κ3) is 3.57. The molecule has 1 amide bonds. The second kappa shape index (κ2) is 7.18. The average Bonchev–Trinajstić information content (AvgIpc) is 3.02. The molecule has 0 radical (unpaired) electrons. The molecule has 0 fully saturated rings. The normalized spacial score (nSPS) is 12.2. The van der Waals surface area contributed by atoms with E-state index in [1.807, 2.05) is 37.4 Å². The standard InChI is InChI=1S/C17H19N5O2/c1-12-2-5-15-20-21-16(22(15)10-12)17(24)19-14(11-23)4-3-13-6-8-18-9-7-13/h2,5-10,14,23H,3-4,11H2,1H3,(H,19,24). The van der Waals surface area contributed by atoms with Gasteiger partial charge in [0.15, 0.2) is 5.65 Å². The molecule has 2 N–H and O–H groups in total. The molecule has 3 heterocycles. The van der Waals surface area contributed by atoms with Crippen LogP contribution in [-0.2, 0) is 6.42 Å². The van der Waals surface area contributed by atoms with Crippen LogP contribution < -0.4 is 5.32 Å². The first kappa shape index (κ1) is 16.1. The van der Waals surface area contributed by atoms with Crippen molar-refractivity contribution in [1.29, 1.82) is 0 Å². The third-order valence-corrected chi connectivity index (χ3v) is 3.84. The molecular formula is C17H19N5O2. The molecule has 3 rings (SSSR count). The summed E-state index contributed by atoms with van der Waals surface area (Å²) < 4.78 is 1.65. The van der Waals surface area contributed by atoms with Crippen molar-refractivity contribution < 1.29 is 9.90 Å². The Labute approximate surface area is 139 Å². The lowest BCUT2D eigenvalue weighted by molar-refractivity contribution is 0.0901. The minimum Gasteiger partial charge on any atom is -0.394 e.